The van der Waals surface area contributed by atoms with Crippen LogP contribution in [-0.2, 0) is 16.5 Å². The molecule has 1 aromatic carbocycles. The number of rotatable bonds is 3. The van der Waals surface area contributed by atoms with Crippen molar-refractivity contribution in [3.63, 3.8) is 0 Å². The van der Waals surface area contributed by atoms with Crippen LogP contribution in [0.1, 0.15) is 50.2 Å². The zero-order valence-corrected chi connectivity index (χ0v) is 14.3. The zero-order chi connectivity index (χ0) is 16.5. The summed E-state index contributed by atoms with van der Waals surface area (Å²) in [7, 11) is 0. The molecule has 7 heteroatoms. The summed E-state index contributed by atoms with van der Waals surface area (Å²) in [6.07, 6.45) is -1.87. The fourth-order valence-electron chi connectivity index (χ4n) is 3.05. The van der Waals surface area contributed by atoms with Crippen molar-refractivity contribution in [2.24, 2.45) is 0 Å². The SMILES string of the molecule is CCC(=O)NC1(c2c(Cl)cc(Br)cc2C(F)(F)F)CCCC1. The Morgan fingerprint density at radius 1 is 1.36 bits per heavy atom. The Balaban J connectivity index is 2.64. The summed E-state index contributed by atoms with van der Waals surface area (Å²) in [5.41, 5.74) is -1.83. The molecule has 1 aromatic rings. The average molecular weight is 399 g/mol. The summed E-state index contributed by atoms with van der Waals surface area (Å²) < 4.78 is 40.6. The maximum absolute atomic E-state index is 13.5. The number of carbonyl (C=O) groups excluding carboxylic acids is 1. The van der Waals surface area contributed by atoms with Gasteiger partial charge in [0.05, 0.1) is 11.1 Å². The second-order valence-corrected chi connectivity index (χ2v) is 6.82. The highest BCUT2D eigenvalue weighted by molar-refractivity contribution is 9.10. The van der Waals surface area contributed by atoms with Crippen LogP contribution in [0.4, 0.5) is 13.2 Å². The van der Waals surface area contributed by atoms with Gasteiger partial charge in [0, 0.05) is 21.5 Å². The highest BCUT2D eigenvalue weighted by Gasteiger charge is 2.45. The minimum absolute atomic E-state index is 0.0100. The summed E-state index contributed by atoms with van der Waals surface area (Å²) in [4.78, 5) is 11.8. The van der Waals surface area contributed by atoms with Gasteiger partial charge in [0.2, 0.25) is 5.91 Å². The Bertz CT molecular complexity index is 583. The third-order valence-corrected chi connectivity index (χ3v) is 4.75. The Morgan fingerprint density at radius 2 is 1.95 bits per heavy atom. The number of alkyl halides is 3. The van der Waals surface area contributed by atoms with Gasteiger partial charge in [0.15, 0.2) is 0 Å². The van der Waals surface area contributed by atoms with E-state index in [9.17, 15) is 18.0 Å². The van der Waals surface area contributed by atoms with Crippen molar-refractivity contribution in [3.8, 4) is 0 Å². The first kappa shape index (κ1) is 17.6. The fourth-order valence-corrected chi connectivity index (χ4v) is 4.04. The van der Waals surface area contributed by atoms with Crippen molar-refractivity contribution in [3.05, 3.63) is 32.8 Å². The molecule has 0 spiro atoms. The van der Waals surface area contributed by atoms with Gasteiger partial charge in [-0.1, -0.05) is 47.3 Å². The summed E-state index contributed by atoms with van der Waals surface area (Å²) in [5, 5.41) is 2.82. The number of amides is 1. The monoisotopic (exact) mass is 397 g/mol. The molecule has 0 radical (unpaired) electrons. The molecule has 1 amide bonds. The summed E-state index contributed by atoms with van der Waals surface area (Å²) in [6, 6.07) is 2.48. The van der Waals surface area contributed by atoms with Crippen molar-refractivity contribution >= 4 is 33.4 Å². The van der Waals surface area contributed by atoms with E-state index in [1.807, 2.05) is 0 Å². The van der Waals surface area contributed by atoms with Gasteiger partial charge in [-0.25, -0.2) is 0 Å². The molecule has 0 aliphatic heterocycles. The van der Waals surface area contributed by atoms with E-state index in [1.165, 1.54) is 6.07 Å². The lowest BCUT2D eigenvalue weighted by Crippen LogP contribution is -2.45. The smallest absolute Gasteiger partial charge is 0.347 e. The van der Waals surface area contributed by atoms with Crippen molar-refractivity contribution in [1.82, 2.24) is 5.32 Å². The molecule has 2 rings (SSSR count). The molecular formula is C15H16BrClF3NO. The van der Waals surface area contributed by atoms with Crippen molar-refractivity contribution in [2.45, 2.75) is 50.7 Å². The van der Waals surface area contributed by atoms with Gasteiger partial charge in [0.25, 0.3) is 0 Å². The molecule has 0 atom stereocenters. The summed E-state index contributed by atoms with van der Waals surface area (Å²) in [5.74, 6) is -0.269. The van der Waals surface area contributed by atoms with Gasteiger partial charge in [-0.3, -0.25) is 4.79 Å². The lowest BCUT2D eigenvalue weighted by molar-refractivity contribution is -0.139. The second kappa shape index (κ2) is 6.40. The first-order valence-electron chi connectivity index (χ1n) is 7.07. The molecule has 0 heterocycles. The van der Waals surface area contributed by atoms with Crippen molar-refractivity contribution < 1.29 is 18.0 Å². The van der Waals surface area contributed by atoms with Gasteiger partial charge in [-0.2, -0.15) is 13.2 Å². The second-order valence-electron chi connectivity index (χ2n) is 5.50. The van der Waals surface area contributed by atoms with Crippen LogP contribution >= 0.6 is 27.5 Å². The molecule has 0 saturated heterocycles. The van der Waals surface area contributed by atoms with Crippen LogP contribution in [0.3, 0.4) is 0 Å². The quantitative estimate of drug-likeness (QED) is 0.724. The standard InChI is InChI=1S/C15H16BrClF3NO/c1-2-12(22)21-14(5-3-4-6-14)13-10(15(18,19)20)7-9(16)8-11(13)17/h7-8H,2-6H2,1H3,(H,21,22). The van der Waals surface area contributed by atoms with Crippen LogP contribution in [0.15, 0.2) is 16.6 Å². The first-order chi connectivity index (χ1) is 10.2. The van der Waals surface area contributed by atoms with E-state index in [-0.39, 0.29) is 27.4 Å². The third-order valence-electron chi connectivity index (χ3n) is 4.00. The van der Waals surface area contributed by atoms with E-state index in [0.29, 0.717) is 12.8 Å². The predicted octanol–water partition coefficient (Wildman–Crippen LogP) is 5.42. The molecule has 0 unspecified atom stereocenters. The van der Waals surface area contributed by atoms with Gasteiger partial charge >= 0.3 is 6.18 Å². The van der Waals surface area contributed by atoms with Crippen LogP contribution in [0.2, 0.25) is 5.02 Å². The number of benzene rings is 1. The highest BCUT2D eigenvalue weighted by Crippen LogP contribution is 2.48. The van der Waals surface area contributed by atoms with Crippen molar-refractivity contribution in [2.75, 3.05) is 0 Å². The number of hydrogen-bond donors (Lipinski definition) is 1. The minimum atomic E-state index is -4.53. The maximum atomic E-state index is 13.5. The lowest BCUT2D eigenvalue weighted by atomic mass is 9.84. The van der Waals surface area contributed by atoms with Gasteiger partial charge in [-0.15, -0.1) is 0 Å². The summed E-state index contributed by atoms with van der Waals surface area (Å²) in [6.45, 7) is 1.67. The van der Waals surface area contributed by atoms with Gasteiger partial charge in [-0.05, 0) is 25.0 Å². The Hall–Kier alpha value is -0.750. The Kier molecular flexibility index (Phi) is 5.12. The number of hydrogen-bond acceptors (Lipinski definition) is 1. The average Bonchev–Trinajstić information content (AvgIpc) is 2.85. The minimum Gasteiger partial charge on any atom is -0.347 e. The number of carbonyl (C=O) groups is 1. The zero-order valence-electron chi connectivity index (χ0n) is 12.0. The number of halogens is 5. The largest absolute Gasteiger partial charge is 0.416 e. The van der Waals surface area contributed by atoms with E-state index in [2.05, 4.69) is 21.2 Å². The molecule has 1 N–H and O–H groups in total. The molecule has 0 bridgehead atoms. The molecule has 0 aromatic heterocycles. The van der Waals surface area contributed by atoms with Crippen molar-refractivity contribution in [1.29, 1.82) is 0 Å². The van der Waals surface area contributed by atoms with Gasteiger partial charge in [0.1, 0.15) is 0 Å². The number of nitrogens with one attached hydrogen (secondary N) is 1. The van der Waals surface area contributed by atoms with E-state index in [4.69, 9.17) is 11.6 Å². The fraction of sp³-hybridized carbons (Fsp3) is 0.533. The molecule has 1 aliphatic rings. The molecular weight excluding hydrogens is 383 g/mol. The Labute approximate surface area is 140 Å². The highest BCUT2D eigenvalue weighted by atomic mass is 79.9. The molecule has 1 fully saturated rings. The van der Waals surface area contributed by atoms with Gasteiger partial charge < -0.3 is 5.32 Å². The molecule has 1 saturated carbocycles. The summed E-state index contributed by atoms with van der Waals surface area (Å²) >= 11 is 9.21. The van der Waals surface area contributed by atoms with Crippen LogP contribution in [0.25, 0.3) is 0 Å². The van der Waals surface area contributed by atoms with Crippen LogP contribution in [0, 0.1) is 0 Å². The predicted molar refractivity (Wildman–Crippen MR) is 82.7 cm³/mol. The maximum Gasteiger partial charge on any atom is 0.416 e. The van der Waals surface area contributed by atoms with E-state index >= 15 is 0 Å². The topological polar surface area (TPSA) is 29.1 Å². The lowest BCUT2D eigenvalue weighted by Gasteiger charge is -2.34. The normalized spacial score (nSPS) is 17.5. The molecule has 122 valence electrons. The van der Waals surface area contributed by atoms with Crippen LogP contribution < -0.4 is 5.32 Å². The van der Waals surface area contributed by atoms with Crippen LogP contribution in [-0.4, -0.2) is 5.91 Å². The Morgan fingerprint density at radius 3 is 2.45 bits per heavy atom. The van der Waals surface area contributed by atoms with E-state index in [1.54, 1.807) is 6.92 Å². The first-order valence-corrected chi connectivity index (χ1v) is 8.24. The molecule has 2 nitrogen and oxygen atoms in total. The molecule has 1 aliphatic carbocycles. The third kappa shape index (κ3) is 3.43. The molecule has 22 heavy (non-hydrogen) atoms. The van der Waals surface area contributed by atoms with E-state index < -0.39 is 17.3 Å². The van der Waals surface area contributed by atoms with E-state index in [0.717, 1.165) is 18.9 Å². The van der Waals surface area contributed by atoms with Crippen LogP contribution in [0.5, 0.6) is 0 Å².